The summed E-state index contributed by atoms with van der Waals surface area (Å²) in [6, 6.07) is 6.38. The van der Waals surface area contributed by atoms with Crippen LogP contribution >= 0.6 is 15.9 Å². The van der Waals surface area contributed by atoms with E-state index in [9.17, 15) is 0 Å². The molecule has 1 aliphatic heterocycles. The molecule has 0 aromatic heterocycles. The largest absolute Gasteiger partial charge is 0.496 e. The van der Waals surface area contributed by atoms with E-state index in [2.05, 4.69) is 41.9 Å². The molecule has 2 nitrogen and oxygen atoms in total. The molecular formula is C13H17BrO2. The molecule has 0 radical (unpaired) electrons. The first-order chi connectivity index (χ1) is 7.57. The van der Waals surface area contributed by atoms with Gasteiger partial charge >= 0.3 is 0 Å². The lowest BCUT2D eigenvalue weighted by Crippen LogP contribution is -2.41. The van der Waals surface area contributed by atoms with E-state index in [1.807, 2.05) is 6.07 Å². The molecule has 1 heterocycles. The van der Waals surface area contributed by atoms with Gasteiger partial charge < -0.3 is 9.47 Å². The highest BCUT2D eigenvalue weighted by Gasteiger charge is 2.37. The summed E-state index contributed by atoms with van der Waals surface area (Å²) in [5, 5.41) is 0. The molecule has 0 unspecified atom stereocenters. The van der Waals surface area contributed by atoms with Crippen molar-refractivity contribution in [2.24, 2.45) is 0 Å². The van der Waals surface area contributed by atoms with Crippen LogP contribution in [-0.2, 0) is 9.06 Å². The fourth-order valence-corrected chi connectivity index (χ4v) is 2.48. The van der Waals surface area contributed by atoms with Crippen LogP contribution in [0.1, 0.15) is 30.9 Å². The van der Waals surface area contributed by atoms with Gasteiger partial charge in [0.25, 0.3) is 0 Å². The van der Waals surface area contributed by atoms with Crippen LogP contribution < -0.4 is 4.74 Å². The molecule has 2 rings (SSSR count). The van der Waals surface area contributed by atoms with Crippen LogP contribution in [0, 0.1) is 0 Å². The molecule has 16 heavy (non-hydrogen) atoms. The highest BCUT2D eigenvalue weighted by atomic mass is 79.9. The van der Waals surface area contributed by atoms with Crippen LogP contribution in [0.2, 0.25) is 0 Å². The lowest BCUT2D eigenvalue weighted by molar-refractivity contribution is -0.00703. The van der Waals surface area contributed by atoms with E-state index in [1.165, 1.54) is 11.1 Å². The average Bonchev–Trinajstić information content (AvgIpc) is 2.25. The van der Waals surface area contributed by atoms with Crippen molar-refractivity contribution in [1.29, 1.82) is 0 Å². The lowest BCUT2D eigenvalue weighted by atomic mass is 9.92. The normalized spacial score (nSPS) is 18.3. The second kappa shape index (κ2) is 4.38. The minimum Gasteiger partial charge on any atom is -0.496 e. The molecule has 88 valence electrons. The van der Waals surface area contributed by atoms with Crippen LogP contribution in [0.3, 0.4) is 0 Å². The topological polar surface area (TPSA) is 18.5 Å². The molecule has 0 N–H and O–H groups in total. The average molecular weight is 285 g/mol. The molecular weight excluding hydrogens is 268 g/mol. The van der Waals surface area contributed by atoms with Crippen LogP contribution in [0.4, 0.5) is 0 Å². The first-order valence-corrected chi connectivity index (χ1v) is 6.31. The lowest BCUT2D eigenvalue weighted by Gasteiger charge is -2.37. The predicted molar refractivity (Wildman–Crippen MR) is 68.5 cm³/mol. The Bertz CT molecular complexity index is 384. The fraction of sp³-hybridized carbons (Fsp3) is 0.538. The Morgan fingerprint density at radius 1 is 1.38 bits per heavy atom. The molecule has 0 spiro atoms. The number of hydrogen-bond acceptors (Lipinski definition) is 2. The molecule has 0 atom stereocenters. The van der Waals surface area contributed by atoms with Gasteiger partial charge in [-0.1, -0.05) is 41.9 Å². The van der Waals surface area contributed by atoms with E-state index in [0.717, 1.165) is 19.0 Å². The van der Waals surface area contributed by atoms with E-state index in [4.69, 9.17) is 9.47 Å². The summed E-state index contributed by atoms with van der Waals surface area (Å²) in [7, 11) is 1.72. The van der Waals surface area contributed by atoms with Crippen molar-refractivity contribution in [1.82, 2.24) is 0 Å². The van der Waals surface area contributed by atoms with E-state index in [1.54, 1.807) is 7.11 Å². The summed E-state index contributed by atoms with van der Waals surface area (Å²) in [5.74, 6) is 1.43. The van der Waals surface area contributed by atoms with Gasteiger partial charge in [-0.3, -0.25) is 0 Å². The van der Waals surface area contributed by atoms with Crippen molar-refractivity contribution in [2.75, 3.05) is 20.3 Å². The van der Waals surface area contributed by atoms with Gasteiger partial charge in [-0.05, 0) is 23.1 Å². The Kier molecular flexibility index (Phi) is 3.27. The Morgan fingerprint density at radius 2 is 2.06 bits per heavy atom. The maximum Gasteiger partial charge on any atom is 0.122 e. The second-order valence-electron chi connectivity index (χ2n) is 4.57. The van der Waals surface area contributed by atoms with Crippen LogP contribution in [0.15, 0.2) is 18.2 Å². The molecule has 0 bridgehead atoms. The zero-order chi connectivity index (χ0) is 11.8. The third kappa shape index (κ3) is 1.98. The van der Waals surface area contributed by atoms with Gasteiger partial charge in [0.2, 0.25) is 0 Å². The Balaban J connectivity index is 2.38. The van der Waals surface area contributed by atoms with E-state index < -0.39 is 0 Å². The number of hydrogen-bond donors (Lipinski definition) is 0. The van der Waals surface area contributed by atoms with Gasteiger partial charge in [0.15, 0.2) is 0 Å². The van der Waals surface area contributed by atoms with Gasteiger partial charge in [-0.15, -0.1) is 0 Å². The van der Waals surface area contributed by atoms with Crippen molar-refractivity contribution in [3.05, 3.63) is 29.3 Å². The van der Waals surface area contributed by atoms with Crippen LogP contribution in [-0.4, -0.2) is 20.3 Å². The van der Waals surface area contributed by atoms with Crippen molar-refractivity contribution < 1.29 is 9.47 Å². The first-order valence-electron chi connectivity index (χ1n) is 5.52. The van der Waals surface area contributed by atoms with Crippen LogP contribution in [0.5, 0.6) is 5.75 Å². The Hall–Kier alpha value is -0.540. The molecule has 0 aliphatic carbocycles. The summed E-state index contributed by atoms with van der Waals surface area (Å²) in [6.07, 6.45) is 0. The molecule has 1 aromatic carbocycles. The number of benzene rings is 1. The van der Waals surface area contributed by atoms with E-state index >= 15 is 0 Å². The SMILES string of the molecule is COc1ccc(C2(Br)COC2)cc1C(C)C. The molecule has 1 fully saturated rings. The summed E-state index contributed by atoms with van der Waals surface area (Å²) in [6.45, 7) is 5.85. The summed E-state index contributed by atoms with van der Waals surface area (Å²) in [4.78, 5) is 0. The predicted octanol–water partition coefficient (Wildman–Crippen LogP) is 3.44. The Labute approximate surface area is 105 Å². The smallest absolute Gasteiger partial charge is 0.122 e. The minimum absolute atomic E-state index is 0.0168. The molecule has 1 aromatic rings. The molecule has 1 saturated heterocycles. The highest BCUT2D eigenvalue weighted by Crippen LogP contribution is 2.41. The first kappa shape index (κ1) is 11.9. The van der Waals surface area contributed by atoms with Gasteiger partial charge in [-0.2, -0.15) is 0 Å². The molecule has 0 saturated carbocycles. The number of rotatable bonds is 3. The maximum atomic E-state index is 5.38. The van der Waals surface area contributed by atoms with Crippen molar-refractivity contribution in [3.63, 3.8) is 0 Å². The van der Waals surface area contributed by atoms with Crippen molar-refractivity contribution >= 4 is 15.9 Å². The van der Waals surface area contributed by atoms with Gasteiger partial charge in [-0.25, -0.2) is 0 Å². The zero-order valence-electron chi connectivity index (χ0n) is 9.92. The minimum atomic E-state index is 0.0168. The number of methoxy groups -OCH3 is 1. The number of alkyl halides is 1. The van der Waals surface area contributed by atoms with Crippen molar-refractivity contribution in [3.8, 4) is 5.75 Å². The van der Waals surface area contributed by atoms with Gasteiger partial charge in [0.1, 0.15) is 5.75 Å². The zero-order valence-corrected chi connectivity index (χ0v) is 11.5. The second-order valence-corrected chi connectivity index (χ2v) is 6.09. The maximum absolute atomic E-state index is 5.38. The van der Waals surface area contributed by atoms with Crippen molar-refractivity contribution in [2.45, 2.75) is 24.1 Å². The molecule has 0 amide bonds. The number of ether oxygens (including phenoxy) is 2. The summed E-state index contributed by atoms with van der Waals surface area (Å²) in [5.41, 5.74) is 2.54. The summed E-state index contributed by atoms with van der Waals surface area (Å²) >= 11 is 3.74. The molecule has 3 heteroatoms. The fourth-order valence-electron chi connectivity index (χ4n) is 1.91. The quantitative estimate of drug-likeness (QED) is 0.792. The standard InChI is InChI=1S/C13H17BrO2/c1-9(2)11-6-10(4-5-12(11)15-3)13(14)7-16-8-13/h4-6,9H,7-8H2,1-3H3. The van der Waals surface area contributed by atoms with Crippen LogP contribution in [0.25, 0.3) is 0 Å². The van der Waals surface area contributed by atoms with E-state index in [0.29, 0.717) is 5.92 Å². The van der Waals surface area contributed by atoms with E-state index in [-0.39, 0.29) is 4.32 Å². The van der Waals surface area contributed by atoms with Gasteiger partial charge in [0, 0.05) is 0 Å². The monoisotopic (exact) mass is 284 g/mol. The Morgan fingerprint density at radius 3 is 2.50 bits per heavy atom. The third-order valence-electron chi connectivity index (χ3n) is 3.03. The molecule has 1 aliphatic rings. The van der Waals surface area contributed by atoms with Gasteiger partial charge in [0.05, 0.1) is 24.6 Å². The highest BCUT2D eigenvalue weighted by molar-refractivity contribution is 9.09. The summed E-state index contributed by atoms with van der Waals surface area (Å²) < 4.78 is 10.7. The third-order valence-corrected chi connectivity index (χ3v) is 3.95. The number of halogens is 1.